The molecule has 1 aromatic carbocycles. The van der Waals surface area contributed by atoms with Crippen molar-refractivity contribution in [2.45, 2.75) is 26.4 Å². The lowest BCUT2D eigenvalue weighted by Gasteiger charge is -2.35. The van der Waals surface area contributed by atoms with Crippen molar-refractivity contribution in [2.24, 2.45) is 0 Å². The third kappa shape index (κ3) is 6.52. The van der Waals surface area contributed by atoms with Crippen LogP contribution in [0.2, 0.25) is 0 Å². The van der Waals surface area contributed by atoms with Crippen LogP contribution >= 0.6 is 0 Å². The molecule has 1 fully saturated rings. The molecule has 25 heavy (non-hydrogen) atoms. The van der Waals surface area contributed by atoms with Crippen LogP contribution in [0, 0.1) is 0 Å². The van der Waals surface area contributed by atoms with Gasteiger partial charge in [0, 0.05) is 26.2 Å². The van der Waals surface area contributed by atoms with Crippen LogP contribution in [0.25, 0.3) is 0 Å². The molecule has 1 aliphatic heterocycles. The molecule has 7 nitrogen and oxygen atoms in total. The van der Waals surface area contributed by atoms with Gasteiger partial charge in [-0.05, 0) is 32.9 Å². The maximum Gasteiger partial charge on any atom is 0.410 e. The Hall–Kier alpha value is -2.44. The van der Waals surface area contributed by atoms with Gasteiger partial charge in [-0.15, -0.1) is 0 Å². The molecule has 2 rings (SSSR count). The van der Waals surface area contributed by atoms with Gasteiger partial charge < -0.3 is 24.6 Å². The average Bonchev–Trinajstić information content (AvgIpc) is 2.58. The Balaban J connectivity index is 1.64. The first-order valence-electron chi connectivity index (χ1n) is 8.54. The van der Waals surface area contributed by atoms with Crippen molar-refractivity contribution in [3.05, 3.63) is 30.3 Å². The van der Waals surface area contributed by atoms with Crippen molar-refractivity contribution >= 4 is 12.1 Å². The molecule has 0 unspecified atom stereocenters. The van der Waals surface area contributed by atoms with E-state index in [2.05, 4.69) is 5.32 Å². The molecule has 1 N–H and O–H groups in total. The van der Waals surface area contributed by atoms with Gasteiger partial charge in [0.25, 0.3) is 0 Å². The van der Waals surface area contributed by atoms with Crippen molar-refractivity contribution < 1.29 is 19.1 Å². The molecule has 0 spiro atoms. The van der Waals surface area contributed by atoms with E-state index in [1.54, 1.807) is 9.80 Å². The number of carbonyl (C=O) groups excluding carboxylic acids is 2. The SMILES string of the molecule is CC(C)(C)OC(=O)N1CCN(C(=O)NCCOc2ccccc2)CC1. The number of nitrogens with one attached hydrogen (secondary N) is 1. The second-order valence-corrected chi connectivity index (χ2v) is 6.85. The molecule has 0 saturated carbocycles. The maximum absolute atomic E-state index is 12.1. The predicted octanol–water partition coefficient (Wildman–Crippen LogP) is 2.33. The van der Waals surface area contributed by atoms with E-state index in [0.717, 1.165) is 5.75 Å². The molecule has 3 amide bonds. The quantitative estimate of drug-likeness (QED) is 0.847. The fourth-order valence-corrected chi connectivity index (χ4v) is 2.37. The Morgan fingerprint density at radius 2 is 1.64 bits per heavy atom. The summed E-state index contributed by atoms with van der Waals surface area (Å²) in [5, 5.41) is 2.83. The van der Waals surface area contributed by atoms with Crippen molar-refractivity contribution in [3.8, 4) is 5.75 Å². The van der Waals surface area contributed by atoms with Gasteiger partial charge in [0.05, 0.1) is 6.54 Å². The monoisotopic (exact) mass is 349 g/mol. The largest absolute Gasteiger partial charge is 0.492 e. The van der Waals surface area contributed by atoms with E-state index in [1.807, 2.05) is 51.1 Å². The van der Waals surface area contributed by atoms with Gasteiger partial charge in [-0.2, -0.15) is 0 Å². The first-order chi connectivity index (χ1) is 11.8. The van der Waals surface area contributed by atoms with Crippen LogP contribution in [0.15, 0.2) is 30.3 Å². The summed E-state index contributed by atoms with van der Waals surface area (Å²) in [6.45, 7) is 8.29. The zero-order valence-electron chi connectivity index (χ0n) is 15.2. The number of hydrogen-bond acceptors (Lipinski definition) is 4. The number of hydrogen-bond donors (Lipinski definition) is 1. The number of para-hydroxylation sites is 1. The molecule has 0 atom stereocenters. The zero-order valence-corrected chi connectivity index (χ0v) is 15.2. The summed E-state index contributed by atoms with van der Waals surface area (Å²) < 4.78 is 10.9. The lowest BCUT2D eigenvalue weighted by atomic mass is 10.2. The summed E-state index contributed by atoms with van der Waals surface area (Å²) in [6.07, 6.45) is -0.330. The van der Waals surface area contributed by atoms with E-state index in [-0.39, 0.29) is 12.1 Å². The Bertz CT molecular complexity index is 563. The average molecular weight is 349 g/mol. The molecule has 0 aliphatic carbocycles. The molecule has 1 aromatic rings. The Kier molecular flexibility index (Phi) is 6.50. The summed E-state index contributed by atoms with van der Waals surface area (Å²) in [7, 11) is 0. The van der Waals surface area contributed by atoms with Crippen molar-refractivity contribution in [2.75, 3.05) is 39.3 Å². The second kappa shape index (κ2) is 8.60. The standard InChI is InChI=1S/C18H27N3O4/c1-18(2,3)25-17(23)21-12-10-20(11-13-21)16(22)19-9-14-24-15-7-5-4-6-8-15/h4-8H,9-14H2,1-3H3,(H,19,22). The maximum atomic E-state index is 12.1. The first kappa shape index (κ1) is 18.9. The zero-order chi connectivity index (χ0) is 18.3. The van der Waals surface area contributed by atoms with Gasteiger partial charge in [-0.3, -0.25) is 0 Å². The molecular formula is C18H27N3O4. The fourth-order valence-electron chi connectivity index (χ4n) is 2.37. The van der Waals surface area contributed by atoms with Crippen LogP contribution in [0.3, 0.4) is 0 Å². The number of ether oxygens (including phenoxy) is 2. The van der Waals surface area contributed by atoms with E-state index in [4.69, 9.17) is 9.47 Å². The lowest BCUT2D eigenvalue weighted by molar-refractivity contribution is 0.0170. The molecule has 0 radical (unpaired) electrons. The number of amides is 3. The van der Waals surface area contributed by atoms with Crippen molar-refractivity contribution in [1.29, 1.82) is 0 Å². The molecule has 1 saturated heterocycles. The highest BCUT2D eigenvalue weighted by Crippen LogP contribution is 2.12. The Labute approximate surface area is 148 Å². The van der Waals surface area contributed by atoms with Crippen LogP contribution in [0.5, 0.6) is 5.75 Å². The third-order valence-electron chi connectivity index (χ3n) is 3.61. The summed E-state index contributed by atoms with van der Waals surface area (Å²) in [5.41, 5.74) is -0.510. The highest BCUT2D eigenvalue weighted by atomic mass is 16.6. The molecule has 7 heteroatoms. The molecule has 0 aromatic heterocycles. The minimum Gasteiger partial charge on any atom is -0.492 e. The number of urea groups is 1. The third-order valence-corrected chi connectivity index (χ3v) is 3.61. The van der Waals surface area contributed by atoms with E-state index >= 15 is 0 Å². The Morgan fingerprint density at radius 3 is 2.24 bits per heavy atom. The van der Waals surface area contributed by atoms with E-state index in [1.165, 1.54) is 0 Å². The molecule has 0 bridgehead atoms. The van der Waals surface area contributed by atoms with Gasteiger partial charge in [0.1, 0.15) is 18.0 Å². The molecular weight excluding hydrogens is 322 g/mol. The van der Waals surface area contributed by atoms with Gasteiger partial charge in [-0.1, -0.05) is 18.2 Å². The van der Waals surface area contributed by atoms with E-state index < -0.39 is 5.60 Å². The number of benzene rings is 1. The van der Waals surface area contributed by atoms with E-state index in [9.17, 15) is 9.59 Å². The van der Waals surface area contributed by atoms with Crippen LogP contribution in [0.1, 0.15) is 20.8 Å². The van der Waals surface area contributed by atoms with Crippen LogP contribution in [-0.4, -0.2) is 66.9 Å². The van der Waals surface area contributed by atoms with Gasteiger partial charge in [0.2, 0.25) is 0 Å². The van der Waals surface area contributed by atoms with Gasteiger partial charge in [0.15, 0.2) is 0 Å². The number of rotatable bonds is 4. The second-order valence-electron chi connectivity index (χ2n) is 6.85. The normalized spacial score (nSPS) is 14.8. The molecule has 138 valence electrons. The highest BCUT2D eigenvalue weighted by Gasteiger charge is 2.27. The summed E-state index contributed by atoms with van der Waals surface area (Å²) in [5.74, 6) is 0.780. The van der Waals surface area contributed by atoms with Gasteiger partial charge in [-0.25, -0.2) is 9.59 Å². The van der Waals surface area contributed by atoms with Crippen molar-refractivity contribution in [1.82, 2.24) is 15.1 Å². The predicted molar refractivity (Wildman–Crippen MR) is 94.7 cm³/mol. The fraction of sp³-hybridized carbons (Fsp3) is 0.556. The Morgan fingerprint density at radius 1 is 1.04 bits per heavy atom. The lowest BCUT2D eigenvalue weighted by Crippen LogP contribution is -2.54. The molecule has 1 heterocycles. The van der Waals surface area contributed by atoms with E-state index in [0.29, 0.717) is 39.3 Å². The van der Waals surface area contributed by atoms with Crippen LogP contribution in [-0.2, 0) is 4.74 Å². The molecule has 1 aliphatic rings. The summed E-state index contributed by atoms with van der Waals surface area (Å²) in [4.78, 5) is 27.5. The minimum absolute atomic E-state index is 0.138. The number of carbonyl (C=O) groups is 2. The van der Waals surface area contributed by atoms with Crippen molar-refractivity contribution in [3.63, 3.8) is 0 Å². The summed E-state index contributed by atoms with van der Waals surface area (Å²) in [6, 6.07) is 9.33. The number of piperazine rings is 1. The minimum atomic E-state index is -0.510. The van der Waals surface area contributed by atoms with Crippen LogP contribution < -0.4 is 10.1 Å². The number of nitrogens with zero attached hydrogens (tertiary/aromatic N) is 2. The highest BCUT2D eigenvalue weighted by molar-refractivity contribution is 5.75. The summed E-state index contributed by atoms with van der Waals surface area (Å²) >= 11 is 0. The van der Waals surface area contributed by atoms with Gasteiger partial charge >= 0.3 is 12.1 Å². The topological polar surface area (TPSA) is 71.1 Å². The first-order valence-corrected chi connectivity index (χ1v) is 8.54. The van der Waals surface area contributed by atoms with Crippen LogP contribution in [0.4, 0.5) is 9.59 Å². The smallest absolute Gasteiger partial charge is 0.410 e.